The van der Waals surface area contributed by atoms with E-state index in [1.807, 2.05) is 75.4 Å². The van der Waals surface area contributed by atoms with E-state index in [1.165, 1.54) is 6.33 Å². The minimum atomic E-state index is -0.540. The summed E-state index contributed by atoms with van der Waals surface area (Å²) < 4.78 is 29.5. The second kappa shape index (κ2) is 11.5. The molecule has 2 atom stereocenters. The molecule has 8 heteroatoms. The van der Waals surface area contributed by atoms with E-state index in [0.29, 0.717) is 23.8 Å². The Morgan fingerprint density at radius 2 is 1.72 bits per heavy atom. The number of esters is 1. The van der Waals surface area contributed by atoms with Crippen LogP contribution in [0.5, 0.6) is 11.6 Å². The Morgan fingerprint density at radius 3 is 2.44 bits per heavy atom. The number of furan rings is 1. The first kappa shape index (κ1) is 26.7. The third-order valence-electron chi connectivity index (χ3n) is 6.58. The van der Waals surface area contributed by atoms with Crippen LogP contribution in [0.4, 0.5) is 0 Å². The van der Waals surface area contributed by atoms with Crippen molar-refractivity contribution in [2.24, 2.45) is 0 Å². The quantitative estimate of drug-likeness (QED) is 0.235. The van der Waals surface area contributed by atoms with Crippen molar-refractivity contribution in [3.05, 3.63) is 60.9 Å². The van der Waals surface area contributed by atoms with E-state index < -0.39 is 5.60 Å². The zero-order chi connectivity index (χ0) is 27.4. The maximum absolute atomic E-state index is 12.1. The van der Waals surface area contributed by atoms with Crippen LogP contribution < -0.4 is 9.47 Å². The molecule has 5 rings (SSSR count). The van der Waals surface area contributed by atoms with E-state index in [0.717, 1.165) is 47.1 Å². The van der Waals surface area contributed by atoms with Crippen LogP contribution in [0.1, 0.15) is 46.5 Å². The van der Waals surface area contributed by atoms with Crippen LogP contribution in [0.2, 0.25) is 0 Å². The SMILES string of the molecule is COc1ccc(-c2c(-c3ccccc3)oc3ncnc(O[C@@H]4CCC[C@H](OCC(=O)OC(C)(C)C)C4)c23)cc1. The Balaban J connectivity index is 1.43. The average Bonchev–Trinajstić information content (AvgIpc) is 3.32. The van der Waals surface area contributed by atoms with Gasteiger partial charge in [-0.15, -0.1) is 0 Å². The molecule has 0 bridgehead atoms. The highest BCUT2D eigenvalue weighted by atomic mass is 16.6. The van der Waals surface area contributed by atoms with Crippen LogP contribution in [-0.4, -0.2) is 47.5 Å². The normalized spacial score (nSPS) is 17.6. The van der Waals surface area contributed by atoms with Gasteiger partial charge in [-0.1, -0.05) is 42.5 Å². The molecule has 1 aliphatic rings. The van der Waals surface area contributed by atoms with Crippen molar-refractivity contribution in [1.82, 2.24) is 9.97 Å². The van der Waals surface area contributed by atoms with Gasteiger partial charge in [0.2, 0.25) is 11.6 Å². The Morgan fingerprint density at radius 1 is 0.974 bits per heavy atom. The number of ether oxygens (including phenoxy) is 4. The summed E-state index contributed by atoms with van der Waals surface area (Å²) in [5.41, 5.74) is 2.65. The summed E-state index contributed by atoms with van der Waals surface area (Å²) in [6.07, 6.45) is 4.53. The summed E-state index contributed by atoms with van der Waals surface area (Å²) in [6.45, 7) is 5.46. The minimum Gasteiger partial charge on any atom is -0.497 e. The fraction of sp³-hybridized carbons (Fsp3) is 0.387. The second-order valence-corrected chi connectivity index (χ2v) is 10.7. The first-order valence-electron chi connectivity index (χ1n) is 13.3. The van der Waals surface area contributed by atoms with Crippen LogP contribution >= 0.6 is 0 Å². The van der Waals surface area contributed by atoms with Gasteiger partial charge in [0.05, 0.1) is 13.2 Å². The maximum Gasteiger partial charge on any atom is 0.332 e. The maximum atomic E-state index is 12.1. The van der Waals surface area contributed by atoms with Crippen molar-refractivity contribution in [2.75, 3.05) is 13.7 Å². The summed E-state index contributed by atoms with van der Waals surface area (Å²) in [5, 5.41) is 0.721. The number of fused-ring (bicyclic) bond motifs is 1. The number of rotatable bonds is 8. The van der Waals surface area contributed by atoms with Crippen molar-refractivity contribution >= 4 is 17.1 Å². The molecule has 0 N–H and O–H groups in total. The summed E-state index contributed by atoms with van der Waals surface area (Å²) in [5.74, 6) is 1.57. The molecule has 2 heterocycles. The van der Waals surface area contributed by atoms with Crippen LogP contribution in [0.3, 0.4) is 0 Å². The molecule has 0 spiro atoms. The largest absolute Gasteiger partial charge is 0.497 e. The predicted octanol–water partition coefficient (Wildman–Crippen LogP) is 6.61. The van der Waals surface area contributed by atoms with Crippen molar-refractivity contribution in [3.8, 4) is 34.1 Å². The van der Waals surface area contributed by atoms with E-state index in [9.17, 15) is 4.79 Å². The van der Waals surface area contributed by atoms with Gasteiger partial charge in [-0.2, -0.15) is 0 Å². The highest BCUT2D eigenvalue weighted by Crippen LogP contribution is 2.44. The first-order chi connectivity index (χ1) is 18.8. The van der Waals surface area contributed by atoms with Gasteiger partial charge >= 0.3 is 5.97 Å². The summed E-state index contributed by atoms with van der Waals surface area (Å²) in [4.78, 5) is 21.1. The molecule has 0 saturated heterocycles. The van der Waals surface area contributed by atoms with E-state index in [4.69, 9.17) is 23.4 Å². The van der Waals surface area contributed by atoms with Crippen LogP contribution in [0, 0.1) is 0 Å². The van der Waals surface area contributed by atoms with Gasteiger partial charge in [0.15, 0.2) is 0 Å². The van der Waals surface area contributed by atoms with Crippen LogP contribution in [0.15, 0.2) is 65.3 Å². The van der Waals surface area contributed by atoms with Crippen molar-refractivity contribution in [1.29, 1.82) is 0 Å². The highest BCUT2D eigenvalue weighted by molar-refractivity contribution is 6.03. The third-order valence-corrected chi connectivity index (χ3v) is 6.58. The van der Waals surface area contributed by atoms with Gasteiger partial charge < -0.3 is 23.4 Å². The number of nitrogens with zero attached hydrogens (tertiary/aromatic N) is 2. The third kappa shape index (κ3) is 6.40. The van der Waals surface area contributed by atoms with Gasteiger partial charge in [0, 0.05) is 17.5 Å². The molecule has 1 saturated carbocycles. The van der Waals surface area contributed by atoms with E-state index in [1.54, 1.807) is 7.11 Å². The number of hydrogen-bond acceptors (Lipinski definition) is 8. The molecule has 0 amide bonds. The Kier molecular flexibility index (Phi) is 7.84. The van der Waals surface area contributed by atoms with Crippen LogP contribution in [0.25, 0.3) is 33.6 Å². The molecule has 0 unspecified atom stereocenters. The fourth-order valence-electron chi connectivity index (χ4n) is 4.90. The molecule has 4 aromatic rings. The molecule has 8 nitrogen and oxygen atoms in total. The van der Waals surface area contributed by atoms with Crippen molar-refractivity contribution in [3.63, 3.8) is 0 Å². The first-order valence-corrected chi connectivity index (χ1v) is 13.3. The summed E-state index contributed by atoms with van der Waals surface area (Å²) in [6, 6.07) is 17.8. The Bertz CT molecular complexity index is 1410. The minimum absolute atomic E-state index is 0.0732. The van der Waals surface area contributed by atoms with E-state index >= 15 is 0 Å². The average molecular weight is 531 g/mol. The van der Waals surface area contributed by atoms with Gasteiger partial charge in [0.25, 0.3) is 0 Å². The molecule has 204 valence electrons. The lowest BCUT2D eigenvalue weighted by atomic mass is 9.94. The molecule has 0 radical (unpaired) electrons. The highest BCUT2D eigenvalue weighted by Gasteiger charge is 2.29. The Labute approximate surface area is 228 Å². The van der Waals surface area contributed by atoms with Gasteiger partial charge in [-0.3, -0.25) is 0 Å². The second-order valence-electron chi connectivity index (χ2n) is 10.7. The molecular weight excluding hydrogens is 496 g/mol. The molecule has 1 aliphatic carbocycles. The number of carbonyl (C=O) groups is 1. The topological polar surface area (TPSA) is 92.9 Å². The molecule has 1 fully saturated rings. The van der Waals surface area contributed by atoms with Gasteiger partial charge in [-0.05, 0) is 57.7 Å². The number of carbonyl (C=O) groups excluding carboxylic acids is 1. The smallest absolute Gasteiger partial charge is 0.332 e. The molecule has 2 aromatic heterocycles. The molecule has 39 heavy (non-hydrogen) atoms. The predicted molar refractivity (Wildman–Crippen MR) is 148 cm³/mol. The van der Waals surface area contributed by atoms with Gasteiger partial charge in [0.1, 0.15) is 41.5 Å². The number of methoxy groups -OCH3 is 1. The molecule has 0 aliphatic heterocycles. The summed E-state index contributed by atoms with van der Waals surface area (Å²) >= 11 is 0. The zero-order valence-corrected chi connectivity index (χ0v) is 22.8. The Hall–Kier alpha value is -3.91. The fourth-order valence-corrected chi connectivity index (χ4v) is 4.90. The summed E-state index contributed by atoms with van der Waals surface area (Å²) in [7, 11) is 1.64. The lowest BCUT2D eigenvalue weighted by Gasteiger charge is -2.29. The van der Waals surface area contributed by atoms with Crippen molar-refractivity contribution < 1.29 is 28.2 Å². The lowest BCUT2D eigenvalue weighted by molar-refractivity contribution is -0.163. The lowest BCUT2D eigenvalue weighted by Crippen LogP contribution is -2.33. The van der Waals surface area contributed by atoms with Gasteiger partial charge in [-0.25, -0.2) is 14.8 Å². The monoisotopic (exact) mass is 530 g/mol. The standard InChI is InChI=1S/C31H34N2O6/c1-31(2,3)39-25(34)18-36-23-11-8-12-24(17-23)37-29-27-26(20-13-15-22(35-4)16-14-20)28(21-9-6-5-7-10-21)38-30(27)33-19-32-29/h5-7,9-10,13-16,19,23-24H,8,11-12,17-18H2,1-4H3/t23-,24+/m0/s1. The zero-order valence-electron chi connectivity index (χ0n) is 22.8. The molecular formula is C31H34N2O6. The number of aromatic nitrogens is 2. The number of hydrogen-bond donors (Lipinski definition) is 0. The van der Waals surface area contributed by atoms with Crippen LogP contribution in [-0.2, 0) is 14.3 Å². The number of benzene rings is 2. The molecule has 2 aromatic carbocycles. The van der Waals surface area contributed by atoms with E-state index in [2.05, 4.69) is 9.97 Å². The van der Waals surface area contributed by atoms with E-state index in [-0.39, 0.29) is 24.8 Å². The van der Waals surface area contributed by atoms with Crippen molar-refractivity contribution in [2.45, 2.75) is 64.3 Å².